The van der Waals surface area contributed by atoms with Gasteiger partial charge in [0.1, 0.15) is 5.75 Å². The highest BCUT2D eigenvalue weighted by atomic mass is 79.9. The SMILES string of the molecule is CCc1ccc(C(=O)C(C)Oc2ccc(Cl)cc2Br)cc1. The van der Waals surface area contributed by atoms with E-state index in [-0.39, 0.29) is 5.78 Å². The molecule has 4 heteroatoms. The molecule has 0 saturated carbocycles. The van der Waals surface area contributed by atoms with Crippen LogP contribution in [0.15, 0.2) is 46.9 Å². The van der Waals surface area contributed by atoms with Crippen LogP contribution in [0.25, 0.3) is 0 Å². The molecule has 21 heavy (non-hydrogen) atoms. The molecule has 0 heterocycles. The maximum absolute atomic E-state index is 12.4. The van der Waals surface area contributed by atoms with E-state index in [1.165, 1.54) is 5.56 Å². The number of Topliss-reactive ketones (excluding diaryl/α,β-unsaturated/α-hetero) is 1. The fourth-order valence-electron chi connectivity index (χ4n) is 1.95. The van der Waals surface area contributed by atoms with Crippen molar-refractivity contribution in [2.45, 2.75) is 26.4 Å². The second kappa shape index (κ2) is 7.10. The molecule has 110 valence electrons. The molecular formula is C17H16BrClO2. The second-order valence-electron chi connectivity index (χ2n) is 4.75. The predicted octanol–water partition coefficient (Wildman–Crippen LogP) is 5.32. The van der Waals surface area contributed by atoms with Crippen molar-refractivity contribution in [2.24, 2.45) is 0 Å². The van der Waals surface area contributed by atoms with Crippen molar-refractivity contribution >= 4 is 33.3 Å². The molecule has 0 amide bonds. The van der Waals surface area contributed by atoms with Crippen LogP contribution in [0.5, 0.6) is 5.75 Å². The maximum Gasteiger partial charge on any atom is 0.202 e. The summed E-state index contributed by atoms with van der Waals surface area (Å²) in [6.07, 6.45) is 0.396. The van der Waals surface area contributed by atoms with Gasteiger partial charge in [0.05, 0.1) is 4.47 Å². The van der Waals surface area contributed by atoms with Gasteiger partial charge in [-0.3, -0.25) is 4.79 Å². The maximum atomic E-state index is 12.4. The molecular weight excluding hydrogens is 352 g/mol. The lowest BCUT2D eigenvalue weighted by atomic mass is 10.0. The highest BCUT2D eigenvalue weighted by Crippen LogP contribution is 2.29. The average molecular weight is 368 g/mol. The summed E-state index contributed by atoms with van der Waals surface area (Å²) < 4.78 is 6.45. The molecule has 0 saturated heterocycles. The topological polar surface area (TPSA) is 26.3 Å². The molecule has 0 N–H and O–H groups in total. The number of hydrogen-bond acceptors (Lipinski definition) is 2. The van der Waals surface area contributed by atoms with E-state index < -0.39 is 6.10 Å². The third-order valence-electron chi connectivity index (χ3n) is 3.21. The molecule has 0 aliphatic carbocycles. The summed E-state index contributed by atoms with van der Waals surface area (Å²) in [6.45, 7) is 3.83. The van der Waals surface area contributed by atoms with Crippen LogP contribution in [0.2, 0.25) is 5.02 Å². The monoisotopic (exact) mass is 366 g/mol. The lowest BCUT2D eigenvalue weighted by Gasteiger charge is -2.15. The van der Waals surface area contributed by atoms with Crippen LogP contribution in [0.3, 0.4) is 0 Å². The minimum Gasteiger partial charge on any atom is -0.481 e. The van der Waals surface area contributed by atoms with Crippen molar-refractivity contribution in [3.63, 3.8) is 0 Å². The zero-order chi connectivity index (χ0) is 15.4. The van der Waals surface area contributed by atoms with Crippen LogP contribution >= 0.6 is 27.5 Å². The van der Waals surface area contributed by atoms with E-state index in [0.717, 1.165) is 10.9 Å². The van der Waals surface area contributed by atoms with Gasteiger partial charge in [-0.1, -0.05) is 42.8 Å². The van der Waals surface area contributed by atoms with E-state index in [1.54, 1.807) is 25.1 Å². The Hall–Kier alpha value is -1.32. The number of rotatable bonds is 5. The molecule has 1 unspecified atom stereocenters. The van der Waals surface area contributed by atoms with Gasteiger partial charge >= 0.3 is 0 Å². The number of ketones is 1. The molecule has 2 nitrogen and oxygen atoms in total. The molecule has 0 aromatic heterocycles. The zero-order valence-corrected chi connectivity index (χ0v) is 14.2. The van der Waals surface area contributed by atoms with Crippen LogP contribution in [0, 0.1) is 0 Å². The summed E-state index contributed by atoms with van der Waals surface area (Å²) in [6, 6.07) is 12.8. The molecule has 0 aliphatic rings. The van der Waals surface area contributed by atoms with Gasteiger partial charge in [-0.25, -0.2) is 0 Å². The van der Waals surface area contributed by atoms with Gasteiger partial charge in [0, 0.05) is 10.6 Å². The standard InChI is InChI=1S/C17H16BrClO2/c1-3-12-4-6-13(7-5-12)17(20)11(2)21-16-9-8-14(19)10-15(16)18/h4-11H,3H2,1-2H3. The predicted molar refractivity (Wildman–Crippen MR) is 89.4 cm³/mol. The van der Waals surface area contributed by atoms with Gasteiger partial charge in [0.2, 0.25) is 5.78 Å². The summed E-state index contributed by atoms with van der Waals surface area (Å²) in [5.41, 5.74) is 1.87. The van der Waals surface area contributed by atoms with Gasteiger partial charge in [-0.15, -0.1) is 0 Å². The second-order valence-corrected chi connectivity index (χ2v) is 6.04. The highest BCUT2D eigenvalue weighted by Gasteiger charge is 2.18. The smallest absolute Gasteiger partial charge is 0.202 e. The number of aryl methyl sites for hydroxylation is 1. The van der Waals surface area contributed by atoms with Crippen molar-refractivity contribution in [2.75, 3.05) is 0 Å². The molecule has 0 bridgehead atoms. The number of carbonyl (C=O) groups excluding carboxylic acids is 1. The van der Waals surface area contributed by atoms with E-state index in [2.05, 4.69) is 22.9 Å². The summed E-state index contributed by atoms with van der Waals surface area (Å²) in [4.78, 5) is 12.4. The van der Waals surface area contributed by atoms with Gasteiger partial charge in [0.25, 0.3) is 0 Å². The van der Waals surface area contributed by atoms with Crippen molar-refractivity contribution in [3.05, 3.63) is 63.1 Å². The van der Waals surface area contributed by atoms with Crippen LogP contribution in [-0.2, 0) is 6.42 Å². The minimum absolute atomic E-state index is 0.0421. The Bertz CT molecular complexity index is 638. The Morgan fingerprint density at radius 2 is 1.90 bits per heavy atom. The summed E-state index contributed by atoms with van der Waals surface area (Å²) >= 11 is 9.27. The molecule has 0 aliphatic heterocycles. The largest absolute Gasteiger partial charge is 0.481 e. The van der Waals surface area contributed by atoms with Crippen molar-refractivity contribution in [1.82, 2.24) is 0 Å². The normalized spacial score (nSPS) is 12.0. The quantitative estimate of drug-likeness (QED) is 0.669. The fourth-order valence-corrected chi connectivity index (χ4v) is 2.73. The first-order valence-corrected chi connectivity index (χ1v) is 7.93. The van der Waals surface area contributed by atoms with Crippen LogP contribution < -0.4 is 4.74 Å². The molecule has 0 spiro atoms. The number of carbonyl (C=O) groups is 1. The number of hydrogen-bond donors (Lipinski definition) is 0. The van der Waals surface area contributed by atoms with E-state index in [1.807, 2.05) is 24.3 Å². The van der Waals surface area contributed by atoms with Gasteiger partial charge in [-0.05, 0) is 53.0 Å². The molecule has 1 atom stereocenters. The summed E-state index contributed by atoms with van der Waals surface area (Å²) in [5.74, 6) is 0.560. The number of halogens is 2. The van der Waals surface area contributed by atoms with E-state index in [0.29, 0.717) is 16.3 Å². The highest BCUT2D eigenvalue weighted by molar-refractivity contribution is 9.10. The van der Waals surface area contributed by atoms with Crippen LogP contribution in [0.1, 0.15) is 29.8 Å². The molecule has 2 rings (SSSR count). The van der Waals surface area contributed by atoms with Crippen molar-refractivity contribution in [3.8, 4) is 5.75 Å². The molecule has 0 radical (unpaired) electrons. The third-order valence-corrected chi connectivity index (χ3v) is 4.07. The van der Waals surface area contributed by atoms with Crippen LogP contribution in [0.4, 0.5) is 0 Å². The zero-order valence-electron chi connectivity index (χ0n) is 11.9. The van der Waals surface area contributed by atoms with E-state index in [4.69, 9.17) is 16.3 Å². The van der Waals surface area contributed by atoms with E-state index >= 15 is 0 Å². The van der Waals surface area contributed by atoms with Crippen LogP contribution in [-0.4, -0.2) is 11.9 Å². The first kappa shape index (κ1) is 16.1. The first-order valence-electron chi connectivity index (χ1n) is 6.76. The fraction of sp³-hybridized carbons (Fsp3) is 0.235. The van der Waals surface area contributed by atoms with Gasteiger partial charge < -0.3 is 4.74 Å². The lowest BCUT2D eigenvalue weighted by Crippen LogP contribution is -2.24. The first-order chi connectivity index (χ1) is 10.0. The lowest BCUT2D eigenvalue weighted by molar-refractivity contribution is 0.0817. The number of ether oxygens (including phenoxy) is 1. The minimum atomic E-state index is -0.560. The Kier molecular flexibility index (Phi) is 5.43. The molecule has 0 fully saturated rings. The Labute approximate surface area is 138 Å². The van der Waals surface area contributed by atoms with E-state index in [9.17, 15) is 4.79 Å². The summed E-state index contributed by atoms with van der Waals surface area (Å²) in [7, 11) is 0. The molecule has 2 aromatic rings. The Morgan fingerprint density at radius 3 is 2.48 bits per heavy atom. The van der Waals surface area contributed by atoms with Gasteiger partial charge in [-0.2, -0.15) is 0 Å². The van der Waals surface area contributed by atoms with Crippen molar-refractivity contribution in [1.29, 1.82) is 0 Å². The van der Waals surface area contributed by atoms with Gasteiger partial charge in [0.15, 0.2) is 6.10 Å². The third kappa shape index (κ3) is 4.08. The number of benzene rings is 2. The van der Waals surface area contributed by atoms with Crippen molar-refractivity contribution < 1.29 is 9.53 Å². The summed E-state index contributed by atoms with van der Waals surface area (Å²) in [5, 5.41) is 0.614. The Morgan fingerprint density at radius 1 is 1.24 bits per heavy atom. The average Bonchev–Trinajstić information content (AvgIpc) is 2.49. The Balaban J connectivity index is 2.11. The molecule has 2 aromatic carbocycles.